The maximum absolute atomic E-state index is 12.7. The van der Waals surface area contributed by atoms with E-state index < -0.39 is 17.8 Å². The van der Waals surface area contributed by atoms with Crippen LogP contribution < -0.4 is 11.3 Å². The Labute approximate surface area is 105 Å². The van der Waals surface area contributed by atoms with Gasteiger partial charge in [-0.1, -0.05) is 22.0 Å². The molecule has 3 nitrogen and oxygen atoms in total. The minimum absolute atomic E-state index is 0.00179. The first-order valence-electron chi connectivity index (χ1n) is 4.72. The van der Waals surface area contributed by atoms with Crippen LogP contribution in [0.3, 0.4) is 0 Å². The lowest BCUT2D eigenvalue weighted by Crippen LogP contribution is -2.31. The van der Waals surface area contributed by atoms with Crippen LogP contribution in [0.5, 0.6) is 0 Å². The second-order valence-corrected chi connectivity index (χ2v) is 4.27. The molecular weight excluding hydrogens is 301 g/mol. The van der Waals surface area contributed by atoms with Gasteiger partial charge in [0.15, 0.2) is 0 Å². The second-order valence-electron chi connectivity index (χ2n) is 3.41. The van der Waals surface area contributed by atoms with Crippen molar-refractivity contribution in [3.8, 4) is 0 Å². The Morgan fingerprint density at radius 3 is 2.59 bits per heavy atom. The summed E-state index contributed by atoms with van der Waals surface area (Å²) in [4.78, 5) is 0. The molecule has 1 aromatic carbocycles. The van der Waals surface area contributed by atoms with Gasteiger partial charge in [0.2, 0.25) is 0 Å². The highest BCUT2D eigenvalue weighted by Crippen LogP contribution is 2.36. The molecule has 0 aliphatic heterocycles. The van der Waals surface area contributed by atoms with Gasteiger partial charge >= 0.3 is 6.18 Å². The topological polar surface area (TPSA) is 47.3 Å². The minimum atomic E-state index is -4.40. The molecule has 0 radical (unpaired) electrons. The third-order valence-electron chi connectivity index (χ3n) is 2.23. The Hall–Kier alpha value is -0.630. The van der Waals surface area contributed by atoms with E-state index >= 15 is 0 Å². The first-order chi connectivity index (χ1) is 7.90. The molecule has 0 aromatic heterocycles. The zero-order valence-electron chi connectivity index (χ0n) is 9.01. The number of hydrazine groups is 1. The SMILES string of the molecule is COCC(NN)c1ccc(Br)c(C(F)(F)F)c1. The summed E-state index contributed by atoms with van der Waals surface area (Å²) in [5.41, 5.74) is 2.10. The molecule has 3 N–H and O–H groups in total. The highest BCUT2D eigenvalue weighted by Gasteiger charge is 2.33. The van der Waals surface area contributed by atoms with Crippen molar-refractivity contribution in [3.05, 3.63) is 33.8 Å². The molecule has 7 heteroatoms. The fourth-order valence-corrected chi connectivity index (χ4v) is 1.86. The van der Waals surface area contributed by atoms with Crippen LogP contribution in [0.4, 0.5) is 13.2 Å². The third-order valence-corrected chi connectivity index (χ3v) is 2.92. The molecule has 17 heavy (non-hydrogen) atoms. The van der Waals surface area contributed by atoms with Crippen LogP contribution in [0.25, 0.3) is 0 Å². The van der Waals surface area contributed by atoms with E-state index in [0.717, 1.165) is 6.07 Å². The zero-order valence-corrected chi connectivity index (χ0v) is 10.6. The average molecular weight is 313 g/mol. The van der Waals surface area contributed by atoms with Gasteiger partial charge in [-0.3, -0.25) is 11.3 Å². The summed E-state index contributed by atoms with van der Waals surface area (Å²) in [6.45, 7) is 0.190. The van der Waals surface area contributed by atoms with Gasteiger partial charge in [0, 0.05) is 11.6 Å². The summed E-state index contributed by atoms with van der Waals surface area (Å²) < 4.78 is 42.9. The standard InChI is InChI=1S/C10H12BrF3N2O/c1-17-5-9(16-15)6-2-3-8(11)7(4-6)10(12,13)14/h2-4,9,16H,5,15H2,1H3. The molecule has 0 heterocycles. The Balaban J connectivity index is 3.11. The number of nitrogens with one attached hydrogen (secondary N) is 1. The predicted molar refractivity (Wildman–Crippen MR) is 61.1 cm³/mol. The van der Waals surface area contributed by atoms with Crippen LogP contribution in [-0.2, 0) is 10.9 Å². The van der Waals surface area contributed by atoms with Crippen molar-refractivity contribution in [3.63, 3.8) is 0 Å². The van der Waals surface area contributed by atoms with Gasteiger partial charge in [-0.05, 0) is 17.7 Å². The van der Waals surface area contributed by atoms with Crippen molar-refractivity contribution in [2.24, 2.45) is 5.84 Å². The Morgan fingerprint density at radius 1 is 1.47 bits per heavy atom. The maximum atomic E-state index is 12.7. The van der Waals surface area contributed by atoms with Crippen LogP contribution in [-0.4, -0.2) is 13.7 Å². The van der Waals surface area contributed by atoms with Gasteiger partial charge in [0.1, 0.15) is 0 Å². The smallest absolute Gasteiger partial charge is 0.383 e. The van der Waals surface area contributed by atoms with E-state index in [9.17, 15) is 13.2 Å². The molecule has 0 saturated heterocycles. The van der Waals surface area contributed by atoms with E-state index in [1.807, 2.05) is 0 Å². The van der Waals surface area contributed by atoms with Crippen molar-refractivity contribution in [1.82, 2.24) is 5.43 Å². The van der Waals surface area contributed by atoms with Crippen molar-refractivity contribution in [2.45, 2.75) is 12.2 Å². The minimum Gasteiger partial charge on any atom is -0.383 e. The number of hydrogen-bond acceptors (Lipinski definition) is 3. The fourth-order valence-electron chi connectivity index (χ4n) is 1.38. The molecule has 1 unspecified atom stereocenters. The number of ether oxygens (including phenoxy) is 1. The summed E-state index contributed by atoms with van der Waals surface area (Å²) in [5, 5.41) is 0. The van der Waals surface area contributed by atoms with Crippen molar-refractivity contribution >= 4 is 15.9 Å². The number of benzene rings is 1. The molecule has 0 aliphatic rings. The molecular formula is C10H12BrF3N2O. The zero-order chi connectivity index (χ0) is 13.1. The number of nitrogens with two attached hydrogens (primary N) is 1. The van der Waals surface area contributed by atoms with E-state index in [2.05, 4.69) is 21.4 Å². The third kappa shape index (κ3) is 3.67. The van der Waals surface area contributed by atoms with Crippen LogP contribution in [0.1, 0.15) is 17.2 Å². The number of alkyl halides is 3. The summed E-state index contributed by atoms with van der Waals surface area (Å²) in [6, 6.07) is 3.48. The van der Waals surface area contributed by atoms with Crippen LogP contribution in [0.15, 0.2) is 22.7 Å². The van der Waals surface area contributed by atoms with Crippen molar-refractivity contribution in [2.75, 3.05) is 13.7 Å². The summed E-state index contributed by atoms with van der Waals surface area (Å²) in [5.74, 6) is 5.27. The van der Waals surface area contributed by atoms with E-state index in [-0.39, 0.29) is 11.1 Å². The van der Waals surface area contributed by atoms with Crippen LogP contribution >= 0.6 is 15.9 Å². The number of methoxy groups -OCH3 is 1. The molecule has 96 valence electrons. The molecule has 0 saturated carbocycles. The average Bonchev–Trinajstić information content (AvgIpc) is 2.25. The lowest BCUT2D eigenvalue weighted by molar-refractivity contribution is -0.138. The Kier molecular flexibility index (Phi) is 4.93. The van der Waals surface area contributed by atoms with E-state index in [4.69, 9.17) is 10.6 Å². The second kappa shape index (κ2) is 5.81. The molecule has 0 amide bonds. The van der Waals surface area contributed by atoms with Crippen LogP contribution in [0, 0.1) is 0 Å². The van der Waals surface area contributed by atoms with Gasteiger partial charge < -0.3 is 4.74 Å². The Morgan fingerprint density at radius 2 is 2.12 bits per heavy atom. The van der Waals surface area contributed by atoms with Crippen molar-refractivity contribution in [1.29, 1.82) is 0 Å². The first-order valence-corrected chi connectivity index (χ1v) is 5.51. The van der Waals surface area contributed by atoms with Gasteiger partial charge in [0.25, 0.3) is 0 Å². The number of rotatable bonds is 4. The van der Waals surface area contributed by atoms with E-state index in [1.54, 1.807) is 6.07 Å². The molecule has 1 atom stereocenters. The normalized spacial score (nSPS) is 13.8. The van der Waals surface area contributed by atoms with Crippen molar-refractivity contribution < 1.29 is 17.9 Å². The molecule has 0 fully saturated rings. The monoisotopic (exact) mass is 312 g/mol. The summed E-state index contributed by atoms with van der Waals surface area (Å²) in [7, 11) is 1.45. The van der Waals surface area contributed by atoms with Gasteiger partial charge in [-0.15, -0.1) is 0 Å². The van der Waals surface area contributed by atoms with Gasteiger partial charge in [-0.2, -0.15) is 13.2 Å². The van der Waals surface area contributed by atoms with Gasteiger partial charge in [-0.25, -0.2) is 0 Å². The highest BCUT2D eigenvalue weighted by molar-refractivity contribution is 9.10. The van der Waals surface area contributed by atoms with Gasteiger partial charge in [0.05, 0.1) is 18.2 Å². The predicted octanol–water partition coefficient (Wildman–Crippen LogP) is 2.62. The molecule has 0 bridgehead atoms. The lowest BCUT2D eigenvalue weighted by atomic mass is 10.0. The lowest BCUT2D eigenvalue weighted by Gasteiger charge is -2.17. The number of halogens is 4. The first kappa shape index (κ1) is 14.4. The quantitative estimate of drug-likeness (QED) is 0.663. The summed E-state index contributed by atoms with van der Waals surface area (Å²) >= 11 is 2.87. The Bertz CT molecular complexity index is 384. The largest absolute Gasteiger partial charge is 0.417 e. The molecule has 0 spiro atoms. The van der Waals surface area contributed by atoms with E-state index in [0.29, 0.717) is 5.56 Å². The summed E-state index contributed by atoms with van der Waals surface area (Å²) in [6.07, 6.45) is -4.40. The molecule has 1 aromatic rings. The van der Waals surface area contributed by atoms with E-state index in [1.165, 1.54) is 13.2 Å². The fraction of sp³-hybridized carbons (Fsp3) is 0.400. The molecule has 1 rings (SSSR count). The molecule has 0 aliphatic carbocycles. The highest BCUT2D eigenvalue weighted by atomic mass is 79.9. The maximum Gasteiger partial charge on any atom is 0.417 e. The van der Waals surface area contributed by atoms with Crippen LogP contribution in [0.2, 0.25) is 0 Å². The number of hydrogen-bond donors (Lipinski definition) is 2.